The van der Waals surface area contributed by atoms with Gasteiger partial charge in [-0.2, -0.15) is 0 Å². The third-order valence-corrected chi connectivity index (χ3v) is 6.36. The third kappa shape index (κ3) is 5.22. The van der Waals surface area contributed by atoms with Gasteiger partial charge in [0.05, 0.1) is 12.3 Å². The Morgan fingerprint density at radius 2 is 1.84 bits per heavy atom. The predicted octanol–water partition coefficient (Wildman–Crippen LogP) is 4.96. The van der Waals surface area contributed by atoms with Crippen LogP contribution in [0.2, 0.25) is 0 Å². The van der Waals surface area contributed by atoms with Gasteiger partial charge in [0.2, 0.25) is 5.91 Å². The van der Waals surface area contributed by atoms with Gasteiger partial charge in [-0.3, -0.25) is 9.78 Å². The van der Waals surface area contributed by atoms with E-state index < -0.39 is 0 Å². The van der Waals surface area contributed by atoms with E-state index in [-0.39, 0.29) is 24.2 Å². The Morgan fingerprint density at radius 3 is 2.50 bits per heavy atom. The van der Waals surface area contributed by atoms with E-state index in [1.54, 1.807) is 18.3 Å². The molecule has 0 bridgehead atoms. The second-order valence-electron chi connectivity index (χ2n) is 8.65. The van der Waals surface area contributed by atoms with Crippen LogP contribution in [0.25, 0.3) is 11.1 Å². The Labute approximate surface area is 188 Å². The van der Waals surface area contributed by atoms with Crippen LogP contribution >= 0.6 is 0 Å². The third-order valence-electron chi connectivity index (χ3n) is 6.36. The highest BCUT2D eigenvalue weighted by molar-refractivity contribution is 5.79. The smallest absolute Gasteiger partial charge is 0.225 e. The molecule has 166 valence electrons. The lowest BCUT2D eigenvalue weighted by atomic mass is 9.87. The number of aliphatic hydroxyl groups excluding tert-OH is 1. The number of benzene rings is 2. The fraction of sp³-hybridized carbons (Fsp3) is 0.333. The molecule has 1 N–H and O–H groups in total. The fourth-order valence-electron chi connectivity index (χ4n) is 4.47. The molecule has 2 aromatic carbocycles. The molecule has 2 heterocycles. The topological polar surface area (TPSA) is 53.4 Å². The highest BCUT2D eigenvalue weighted by Gasteiger charge is 2.27. The maximum absolute atomic E-state index is 13.1. The standard InChI is InChI=1S/C27H29FN2O2/c1-19(15-20-5-8-25(28)9-6-20)27(32)30-13-11-21(12-14-30)22-3-2-4-23(16-22)24-7-10-26(18-31)29-17-24/h2-10,16-17,19,21,31H,11-15,18H2,1H3/t19-/m0/s1. The second kappa shape index (κ2) is 10.0. The maximum Gasteiger partial charge on any atom is 0.225 e. The Bertz CT molecular complexity index is 1040. The van der Waals surface area contributed by atoms with Gasteiger partial charge < -0.3 is 10.0 Å². The van der Waals surface area contributed by atoms with Crippen molar-refractivity contribution in [2.75, 3.05) is 13.1 Å². The summed E-state index contributed by atoms with van der Waals surface area (Å²) in [6.07, 6.45) is 4.32. The van der Waals surface area contributed by atoms with E-state index in [1.165, 1.54) is 17.7 Å². The minimum Gasteiger partial charge on any atom is -0.390 e. The molecule has 32 heavy (non-hydrogen) atoms. The van der Waals surface area contributed by atoms with Crippen molar-refractivity contribution < 1.29 is 14.3 Å². The summed E-state index contributed by atoms with van der Waals surface area (Å²) in [5.74, 6) is 0.236. The number of nitrogens with zero attached hydrogens (tertiary/aromatic N) is 2. The molecule has 0 spiro atoms. The van der Waals surface area contributed by atoms with E-state index in [0.717, 1.165) is 42.6 Å². The minimum absolute atomic E-state index is 0.0554. The van der Waals surface area contributed by atoms with E-state index >= 15 is 0 Å². The number of hydrogen-bond donors (Lipinski definition) is 1. The van der Waals surface area contributed by atoms with Crippen LogP contribution < -0.4 is 0 Å². The zero-order valence-corrected chi connectivity index (χ0v) is 18.4. The largest absolute Gasteiger partial charge is 0.390 e. The first-order valence-corrected chi connectivity index (χ1v) is 11.2. The number of piperidine rings is 1. The van der Waals surface area contributed by atoms with E-state index in [4.69, 9.17) is 0 Å². The van der Waals surface area contributed by atoms with Crippen molar-refractivity contribution in [3.8, 4) is 11.1 Å². The van der Waals surface area contributed by atoms with Crippen LogP contribution in [0.15, 0.2) is 66.9 Å². The number of carbonyl (C=O) groups is 1. The first-order valence-electron chi connectivity index (χ1n) is 11.2. The molecular formula is C27H29FN2O2. The molecule has 1 saturated heterocycles. The lowest BCUT2D eigenvalue weighted by molar-refractivity contribution is -0.136. The van der Waals surface area contributed by atoms with E-state index in [0.29, 0.717) is 18.0 Å². The summed E-state index contributed by atoms with van der Waals surface area (Å²) in [5.41, 5.74) is 5.09. The van der Waals surface area contributed by atoms with Crippen molar-refractivity contribution in [2.45, 2.75) is 38.7 Å². The van der Waals surface area contributed by atoms with Crippen molar-refractivity contribution in [1.29, 1.82) is 0 Å². The summed E-state index contributed by atoms with van der Waals surface area (Å²) in [5, 5.41) is 9.19. The van der Waals surface area contributed by atoms with E-state index in [1.807, 2.05) is 24.0 Å². The zero-order chi connectivity index (χ0) is 22.5. The zero-order valence-electron chi connectivity index (χ0n) is 18.4. The van der Waals surface area contributed by atoms with Gasteiger partial charge in [-0.15, -0.1) is 0 Å². The molecule has 5 heteroatoms. The number of rotatable bonds is 6. The Morgan fingerprint density at radius 1 is 1.09 bits per heavy atom. The van der Waals surface area contributed by atoms with E-state index in [9.17, 15) is 14.3 Å². The summed E-state index contributed by atoms with van der Waals surface area (Å²) in [4.78, 5) is 19.2. The van der Waals surface area contributed by atoms with Gasteiger partial charge in [-0.1, -0.05) is 49.4 Å². The first-order chi connectivity index (χ1) is 15.5. The predicted molar refractivity (Wildman–Crippen MR) is 123 cm³/mol. The molecule has 0 saturated carbocycles. The van der Waals surface area contributed by atoms with Gasteiger partial charge in [0.1, 0.15) is 5.82 Å². The quantitative estimate of drug-likeness (QED) is 0.599. The fourth-order valence-corrected chi connectivity index (χ4v) is 4.47. The Hall–Kier alpha value is -3.05. The van der Waals surface area contributed by atoms with Crippen LogP contribution in [-0.4, -0.2) is 34.0 Å². The van der Waals surface area contributed by atoms with Gasteiger partial charge in [0.15, 0.2) is 0 Å². The van der Waals surface area contributed by atoms with E-state index in [2.05, 4.69) is 29.2 Å². The molecule has 1 aromatic heterocycles. The van der Waals surface area contributed by atoms with Gasteiger partial charge in [0, 0.05) is 30.8 Å². The lowest BCUT2D eigenvalue weighted by Crippen LogP contribution is -2.41. The molecule has 0 aliphatic carbocycles. The number of amides is 1. The highest BCUT2D eigenvalue weighted by atomic mass is 19.1. The number of halogens is 1. The summed E-state index contributed by atoms with van der Waals surface area (Å²) in [6, 6.07) is 18.8. The number of likely N-dealkylation sites (tertiary alicyclic amines) is 1. The summed E-state index contributed by atoms with van der Waals surface area (Å²) < 4.78 is 13.1. The maximum atomic E-state index is 13.1. The molecular weight excluding hydrogens is 403 g/mol. The summed E-state index contributed by atoms with van der Waals surface area (Å²) in [6.45, 7) is 3.42. The molecule has 1 aliphatic rings. The number of aromatic nitrogens is 1. The van der Waals surface area contributed by atoms with Crippen molar-refractivity contribution in [2.24, 2.45) is 5.92 Å². The van der Waals surface area contributed by atoms with Crippen LogP contribution in [-0.2, 0) is 17.8 Å². The number of carbonyl (C=O) groups excluding carboxylic acids is 1. The summed E-state index contributed by atoms with van der Waals surface area (Å²) in [7, 11) is 0. The van der Waals surface area contributed by atoms with Crippen LogP contribution in [0.4, 0.5) is 4.39 Å². The number of aliphatic hydroxyl groups is 1. The van der Waals surface area contributed by atoms with Crippen molar-refractivity contribution in [3.63, 3.8) is 0 Å². The number of pyridine rings is 1. The van der Waals surface area contributed by atoms with Crippen molar-refractivity contribution >= 4 is 5.91 Å². The van der Waals surface area contributed by atoms with Crippen molar-refractivity contribution in [1.82, 2.24) is 9.88 Å². The molecule has 4 rings (SSSR count). The van der Waals surface area contributed by atoms with Gasteiger partial charge in [-0.05, 0) is 60.1 Å². The molecule has 0 unspecified atom stereocenters. The average molecular weight is 433 g/mol. The van der Waals surface area contributed by atoms with Gasteiger partial charge >= 0.3 is 0 Å². The first kappa shape index (κ1) is 22.2. The van der Waals surface area contributed by atoms with Gasteiger partial charge in [-0.25, -0.2) is 4.39 Å². The van der Waals surface area contributed by atoms with Crippen molar-refractivity contribution in [3.05, 3.63) is 89.5 Å². The molecule has 4 nitrogen and oxygen atoms in total. The van der Waals surface area contributed by atoms with Crippen LogP contribution in [0, 0.1) is 11.7 Å². The Balaban J connectivity index is 1.35. The average Bonchev–Trinajstić information content (AvgIpc) is 2.85. The van der Waals surface area contributed by atoms with Crippen LogP contribution in [0.3, 0.4) is 0 Å². The van der Waals surface area contributed by atoms with Gasteiger partial charge in [0.25, 0.3) is 0 Å². The lowest BCUT2D eigenvalue weighted by Gasteiger charge is -2.34. The molecule has 0 radical (unpaired) electrons. The molecule has 1 atom stereocenters. The monoisotopic (exact) mass is 432 g/mol. The molecule has 3 aromatic rings. The molecule has 1 aliphatic heterocycles. The SMILES string of the molecule is C[C@@H](Cc1ccc(F)cc1)C(=O)N1CCC(c2cccc(-c3ccc(CO)nc3)c2)CC1. The van der Waals surface area contributed by atoms with Crippen LogP contribution in [0.5, 0.6) is 0 Å². The highest BCUT2D eigenvalue weighted by Crippen LogP contribution is 2.31. The second-order valence-corrected chi connectivity index (χ2v) is 8.65. The van der Waals surface area contributed by atoms with Crippen LogP contribution in [0.1, 0.15) is 42.5 Å². The minimum atomic E-state index is -0.252. The molecule has 1 fully saturated rings. The normalized spacial score (nSPS) is 15.5. The number of hydrogen-bond acceptors (Lipinski definition) is 3. The molecule has 1 amide bonds. The Kier molecular flexibility index (Phi) is 6.96. The summed E-state index contributed by atoms with van der Waals surface area (Å²) >= 11 is 0.